The Labute approximate surface area is 240 Å². The molecule has 0 bridgehead atoms. The van der Waals surface area contributed by atoms with Crippen molar-refractivity contribution < 1.29 is 14.2 Å². The number of ether oxygens (including phenoxy) is 3. The molecular weight excluding hydrogens is 496 g/mol. The number of anilines is 1. The van der Waals surface area contributed by atoms with Gasteiger partial charge in [-0.15, -0.1) is 0 Å². The van der Waals surface area contributed by atoms with E-state index in [1.165, 1.54) is 61.2 Å². The van der Waals surface area contributed by atoms with E-state index in [9.17, 15) is 0 Å². The van der Waals surface area contributed by atoms with Crippen LogP contribution in [0.4, 0.5) is 5.69 Å². The van der Waals surface area contributed by atoms with Crippen LogP contribution in [0, 0.1) is 0 Å². The number of rotatable bonds is 11. The van der Waals surface area contributed by atoms with Crippen molar-refractivity contribution in [1.29, 1.82) is 0 Å². The van der Waals surface area contributed by atoms with Crippen LogP contribution in [0.15, 0.2) is 66.7 Å². The first kappa shape index (κ1) is 28.4. The number of hydrogen-bond donors (Lipinski definition) is 1. The van der Waals surface area contributed by atoms with Crippen molar-refractivity contribution in [2.45, 2.75) is 70.3 Å². The van der Waals surface area contributed by atoms with E-state index in [-0.39, 0.29) is 11.5 Å². The van der Waals surface area contributed by atoms with Gasteiger partial charge >= 0.3 is 0 Å². The molecular formula is C35H46N2O3. The van der Waals surface area contributed by atoms with Gasteiger partial charge in [-0.1, -0.05) is 49.2 Å². The third kappa shape index (κ3) is 7.31. The van der Waals surface area contributed by atoms with Gasteiger partial charge in [0.2, 0.25) is 0 Å². The van der Waals surface area contributed by atoms with Crippen molar-refractivity contribution in [3.63, 3.8) is 0 Å². The Bertz CT molecular complexity index is 1220. The van der Waals surface area contributed by atoms with E-state index in [4.69, 9.17) is 14.2 Å². The topological polar surface area (TPSA) is 43.0 Å². The highest BCUT2D eigenvalue weighted by Gasteiger charge is 2.39. The summed E-state index contributed by atoms with van der Waals surface area (Å²) < 4.78 is 18.0. The molecule has 5 rings (SSSR count). The first-order valence-corrected chi connectivity index (χ1v) is 15.1. The Morgan fingerprint density at radius 2 is 1.68 bits per heavy atom. The standard InChI is InChI=1S/C35H46N2O3/c1-35(2)32(25-28-16-19-30(38-3)26-34(28)40-35)31-12-6-7-13-33(31)36-20-10-11-27-14-17-29(18-15-27)39-24-23-37-21-8-4-5-9-22-37/h6-7,12-19,26,32,36H,4-5,8-11,20-25H2,1-3H3. The lowest BCUT2D eigenvalue weighted by Crippen LogP contribution is -2.40. The average molecular weight is 543 g/mol. The predicted molar refractivity (Wildman–Crippen MR) is 164 cm³/mol. The summed E-state index contributed by atoms with van der Waals surface area (Å²) in [5, 5.41) is 3.73. The maximum absolute atomic E-state index is 6.52. The average Bonchev–Trinajstić information content (AvgIpc) is 3.24. The Kier molecular flexibility index (Phi) is 9.53. The van der Waals surface area contributed by atoms with E-state index in [0.29, 0.717) is 0 Å². The van der Waals surface area contributed by atoms with Crippen LogP contribution in [0.25, 0.3) is 0 Å². The van der Waals surface area contributed by atoms with Crippen LogP contribution in [0.2, 0.25) is 0 Å². The zero-order chi connectivity index (χ0) is 27.8. The number of methoxy groups -OCH3 is 1. The second-order valence-electron chi connectivity index (χ2n) is 11.8. The van der Waals surface area contributed by atoms with Crippen LogP contribution < -0.4 is 19.5 Å². The van der Waals surface area contributed by atoms with Gasteiger partial charge in [-0.2, -0.15) is 0 Å². The molecule has 2 heterocycles. The van der Waals surface area contributed by atoms with Gasteiger partial charge in [0.15, 0.2) is 0 Å². The van der Waals surface area contributed by atoms with E-state index in [1.807, 2.05) is 12.1 Å². The molecule has 5 heteroatoms. The minimum absolute atomic E-state index is 0.254. The zero-order valence-corrected chi connectivity index (χ0v) is 24.6. The summed E-state index contributed by atoms with van der Waals surface area (Å²) >= 11 is 0. The molecule has 0 aliphatic carbocycles. The Balaban J connectivity index is 1.11. The molecule has 3 aromatic rings. The zero-order valence-electron chi connectivity index (χ0n) is 24.6. The van der Waals surface area contributed by atoms with Gasteiger partial charge in [-0.25, -0.2) is 0 Å². The fraction of sp³-hybridized carbons (Fsp3) is 0.486. The van der Waals surface area contributed by atoms with Crippen LogP contribution >= 0.6 is 0 Å². The van der Waals surface area contributed by atoms with Gasteiger partial charge in [0.05, 0.1) is 7.11 Å². The second-order valence-corrected chi connectivity index (χ2v) is 11.8. The normalized spacial score (nSPS) is 18.7. The number of fused-ring (bicyclic) bond motifs is 1. The van der Waals surface area contributed by atoms with E-state index in [1.54, 1.807) is 7.11 Å². The largest absolute Gasteiger partial charge is 0.497 e. The molecule has 5 nitrogen and oxygen atoms in total. The van der Waals surface area contributed by atoms with E-state index in [0.717, 1.165) is 56.2 Å². The summed E-state index contributed by atoms with van der Waals surface area (Å²) in [6, 6.07) is 23.5. The maximum atomic E-state index is 6.52. The lowest BCUT2D eigenvalue weighted by atomic mass is 9.77. The molecule has 214 valence electrons. The number of likely N-dealkylation sites (tertiary alicyclic amines) is 1. The lowest BCUT2D eigenvalue weighted by molar-refractivity contribution is 0.0613. The molecule has 2 aliphatic heterocycles. The van der Waals surface area contributed by atoms with Crippen LogP contribution in [0.5, 0.6) is 17.2 Å². The predicted octanol–water partition coefficient (Wildman–Crippen LogP) is 7.49. The van der Waals surface area contributed by atoms with Crippen LogP contribution in [0.1, 0.15) is 68.6 Å². The SMILES string of the molecule is COc1ccc2c(c1)OC(C)(C)C(c1ccccc1NCCCc1ccc(OCCN3CCCCCC3)cc1)C2. The van der Waals surface area contributed by atoms with Gasteiger partial charge in [-0.05, 0) is 100.0 Å². The third-order valence-electron chi connectivity index (χ3n) is 8.50. The first-order chi connectivity index (χ1) is 19.5. The van der Waals surface area contributed by atoms with Crippen LogP contribution in [0.3, 0.4) is 0 Å². The molecule has 2 aliphatic rings. The maximum Gasteiger partial charge on any atom is 0.127 e. The Hall–Kier alpha value is -3.18. The number of nitrogens with zero attached hydrogens (tertiary/aromatic N) is 1. The van der Waals surface area contributed by atoms with Crippen molar-refractivity contribution in [3.8, 4) is 17.2 Å². The van der Waals surface area contributed by atoms with Crippen molar-refractivity contribution in [2.75, 3.05) is 45.2 Å². The highest BCUT2D eigenvalue weighted by atomic mass is 16.5. The van der Waals surface area contributed by atoms with Gasteiger partial charge in [0, 0.05) is 30.8 Å². The Morgan fingerprint density at radius 1 is 0.925 bits per heavy atom. The number of nitrogens with one attached hydrogen (secondary N) is 1. The van der Waals surface area contributed by atoms with Gasteiger partial charge < -0.3 is 19.5 Å². The summed E-state index contributed by atoms with van der Waals surface area (Å²) in [6.45, 7) is 9.55. The molecule has 0 radical (unpaired) electrons. The fourth-order valence-electron chi connectivity index (χ4n) is 6.11. The lowest BCUT2D eigenvalue weighted by Gasteiger charge is -2.41. The van der Waals surface area contributed by atoms with Gasteiger partial charge in [0.1, 0.15) is 29.5 Å². The first-order valence-electron chi connectivity index (χ1n) is 15.1. The molecule has 3 aromatic carbocycles. The summed E-state index contributed by atoms with van der Waals surface area (Å²) in [4.78, 5) is 2.55. The second kappa shape index (κ2) is 13.5. The quantitative estimate of drug-likeness (QED) is 0.254. The number of hydrogen-bond acceptors (Lipinski definition) is 5. The molecule has 1 saturated heterocycles. The minimum Gasteiger partial charge on any atom is -0.497 e. The summed E-state index contributed by atoms with van der Waals surface area (Å²) in [6.07, 6.45) is 8.45. The molecule has 1 unspecified atom stereocenters. The number of para-hydroxylation sites is 1. The molecule has 0 aromatic heterocycles. The van der Waals surface area contributed by atoms with Gasteiger partial charge in [0.25, 0.3) is 0 Å². The number of benzene rings is 3. The highest BCUT2D eigenvalue weighted by molar-refractivity contribution is 5.55. The van der Waals surface area contributed by atoms with Crippen LogP contribution in [-0.2, 0) is 12.8 Å². The van der Waals surface area contributed by atoms with Crippen molar-refractivity contribution >= 4 is 5.69 Å². The molecule has 40 heavy (non-hydrogen) atoms. The summed E-state index contributed by atoms with van der Waals surface area (Å²) in [5.74, 6) is 2.99. The smallest absolute Gasteiger partial charge is 0.127 e. The van der Waals surface area contributed by atoms with Crippen molar-refractivity contribution in [3.05, 3.63) is 83.4 Å². The van der Waals surface area contributed by atoms with Gasteiger partial charge in [-0.3, -0.25) is 4.90 Å². The molecule has 0 spiro atoms. The molecule has 1 atom stereocenters. The molecule has 1 N–H and O–H groups in total. The van der Waals surface area contributed by atoms with Crippen molar-refractivity contribution in [2.24, 2.45) is 0 Å². The van der Waals surface area contributed by atoms with Crippen LogP contribution in [-0.4, -0.2) is 50.4 Å². The summed E-state index contributed by atoms with van der Waals surface area (Å²) in [7, 11) is 1.70. The third-order valence-corrected chi connectivity index (χ3v) is 8.50. The number of aryl methyl sites for hydroxylation is 1. The minimum atomic E-state index is -0.325. The van der Waals surface area contributed by atoms with E-state index in [2.05, 4.69) is 78.7 Å². The molecule has 0 saturated carbocycles. The van der Waals surface area contributed by atoms with E-state index >= 15 is 0 Å². The Morgan fingerprint density at radius 3 is 2.45 bits per heavy atom. The van der Waals surface area contributed by atoms with E-state index < -0.39 is 0 Å². The van der Waals surface area contributed by atoms with Crippen molar-refractivity contribution in [1.82, 2.24) is 4.90 Å². The fourth-order valence-corrected chi connectivity index (χ4v) is 6.11. The molecule has 0 amide bonds. The monoisotopic (exact) mass is 542 g/mol. The highest BCUT2D eigenvalue weighted by Crippen LogP contribution is 2.45. The summed E-state index contributed by atoms with van der Waals surface area (Å²) in [5.41, 5.74) is 4.77. The molecule has 1 fully saturated rings.